The molecule has 0 saturated heterocycles. The second-order valence-electron chi connectivity index (χ2n) is 6.90. The van der Waals surface area contributed by atoms with Gasteiger partial charge in [-0.1, -0.05) is 45.0 Å². The van der Waals surface area contributed by atoms with E-state index < -0.39 is 12.2 Å². The molecule has 2 saturated carbocycles. The first kappa shape index (κ1) is 16.5. The predicted octanol–water partition coefficient (Wildman–Crippen LogP) is 2.54. The van der Waals surface area contributed by atoms with Crippen LogP contribution in [-0.2, 0) is 4.79 Å². The van der Waals surface area contributed by atoms with Crippen molar-refractivity contribution in [2.45, 2.75) is 71.0 Å². The molecule has 0 aromatic carbocycles. The van der Waals surface area contributed by atoms with Crippen LogP contribution in [0.15, 0.2) is 0 Å². The standard InChI is InChI=1S/C18H28O3/c1-3-4-5-12(2)10-13(19)6-7-14-16-11-18(21)15(16)8-9-17(14)20/h12-17,19-20H,3-5,8-11H2,1-2H3/t12-,13+,14-,15+,16-,17-/m0/s1. The zero-order valence-corrected chi connectivity index (χ0v) is 13.2. The van der Waals surface area contributed by atoms with Crippen LogP contribution in [0.25, 0.3) is 0 Å². The summed E-state index contributed by atoms with van der Waals surface area (Å²) in [6.07, 6.45) is 5.17. The molecule has 0 heterocycles. The van der Waals surface area contributed by atoms with Crippen molar-refractivity contribution in [2.24, 2.45) is 23.7 Å². The van der Waals surface area contributed by atoms with Crippen LogP contribution in [0.2, 0.25) is 0 Å². The van der Waals surface area contributed by atoms with Gasteiger partial charge in [0.1, 0.15) is 11.9 Å². The summed E-state index contributed by atoms with van der Waals surface area (Å²) in [6, 6.07) is 0. The van der Waals surface area contributed by atoms with Gasteiger partial charge >= 0.3 is 0 Å². The van der Waals surface area contributed by atoms with Crippen LogP contribution in [-0.4, -0.2) is 28.2 Å². The second-order valence-corrected chi connectivity index (χ2v) is 6.90. The van der Waals surface area contributed by atoms with Gasteiger partial charge in [-0.15, -0.1) is 0 Å². The van der Waals surface area contributed by atoms with Gasteiger partial charge in [-0.05, 0) is 31.1 Å². The second kappa shape index (κ2) is 7.42. The molecule has 0 bridgehead atoms. The Morgan fingerprint density at radius 3 is 2.81 bits per heavy atom. The van der Waals surface area contributed by atoms with Crippen molar-refractivity contribution in [3.8, 4) is 11.8 Å². The summed E-state index contributed by atoms with van der Waals surface area (Å²) < 4.78 is 0. The SMILES string of the molecule is CCCC[C@H](C)C[C@H](O)C#C[C@H]1[C@@H]2CC(=O)[C@@H]2CC[C@@H]1O. The first-order valence-electron chi connectivity index (χ1n) is 8.42. The van der Waals surface area contributed by atoms with Crippen molar-refractivity contribution in [3.05, 3.63) is 0 Å². The topological polar surface area (TPSA) is 57.5 Å². The molecule has 0 spiro atoms. The molecule has 0 aliphatic heterocycles. The monoisotopic (exact) mass is 292 g/mol. The fourth-order valence-corrected chi connectivity index (χ4v) is 3.68. The first-order valence-corrected chi connectivity index (χ1v) is 8.42. The lowest BCUT2D eigenvalue weighted by molar-refractivity contribution is -0.141. The highest BCUT2D eigenvalue weighted by Gasteiger charge is 2.48. The Balaban J connectivity index is 1.86. The zero-order chi connectivity index (χ0) is 15.4. The van der Waals surface area contributed by atoms with Crippen LogP contribution < -0.4 is 0 Å². The van der Waals surface area contributed by atoms with Gasteiger partial charge < -0.3 is 10.2 Å². The molecule has 118 valence electrons. The van der Waals surface area contributed by atoms with E-state index in [9.17, 15) is 15.0 Å². The largest absolute Gasteiger partial charge is 0.392 e. The fraction of sp³-hybridized carbons (Fsp3) is 0.833. The molecule has 2 aliphatic rings. The Morgan fingerprint density at radius 2 is 2.14 bits per heavy atom. The quantitative estimate of drug-likeness (QED) is 0.766. The normalized spacial score (nSPS) is 34.2. The van der Waals surface area contributed by atoms with Gasteiger partial charge in [0, 0.05) is 12.3 Å². The summed E-state index contributed by atoms with van der Waals surface area (Å²) in [7, 11) is 0. The molecule has 0 aromatic rings. The van der Waals surface area contributed by atoms with Crippen LogP contribution in [0.4, 0.5) is 0 Å². The highest BCUT2D eigenvalue weighted by molar-refractivity contribution is 5.87. The van der Waals surface area contributed by atoms with Gasteiger partial charge in [0.25, 0.3) is 0 Å². The number of carbonyl (C=O) groups is 1. The zero-order valence-electron chi connectivity index (χ0n) is 13.2. The third-order valence-electron chi connectivity index (χ3n) is 5.11. The van der Waals surface area contributed by atoms with Crippen molar-refractivity contribution in [1.82, 2.24) is 0 Å². The maximum absolute atomic E-state index is 11.5. The Hall–Kier alpha value is -0.850. The van der Waals surface area contributed by atoms with E-state index in [0.29, 0.717) is 31.0 Å². The third-order valence-corrected chi connectivity index (χ3v) is 5.11. The molecule has 2 N–H and O–H groups in total. The lowest BCUT2D eigenvalue weighted by atomic mass is 9.59. The van der Waals surface area contributed by atoms with Gasteiger partial charge in [-0.3, -0.25) is 4.79 Å². The van der Waals surface area contributed by atoms with E-state index in [1.165, 1.54) is 12.8 Å². The Labute approximate surface area is 128 Å². The number of fused-ring (bicyclic) bond motifs is 1. The molecule has 0 radical (unpaired) electrons. The highest BCUT2D eigenvalue weighted by atomic mass is 16.3. The molecule has 3 heteroatoms. The van der Waals surface area contributed by atoms with E-state index in [1.54, 1.807) is 0 Å². The van der Waals surface area contributed by atoms with E-state index in [2.05, 4.69) is 25.7 Å². The maximum Gasteiger partial charge on any atom is 0.136 e. The van der Waals surface area contributed by atoms with Crippen LogP contribution in [0.5, 0.6) is 0 Å². The Morgan fingerprint density at radius 1 is 1.38 bits per heavy atom. The highest BCUT2D eigenvalue weighted by Crippen LogP contribution is 2.45. The molecule has 0 amide bonds. The summed E-state index contributed by atoms with van der Waals surface area (Å²) in [4.78, 5) is 11.5. The summed E-state index contributed by atoms with van der Waals surface area (Å²) in [5.41, 5.74) is 0. The maximum atomic E-state index is 11.5. The van der Waals surface area contributed by atoms with Crippen molar-refractivity contribution in [3.63, 3.8) is 0 Å². The number of hydrogen-bond donors (Lipinski definition) is 2. The molecule has 2 fully saturated rings. The van der Waals surface area contributed by atoms with Gasteiger partial charge in [0.2, 0.25) is 0 Å². The minimum absolute atomic E-state index is 0.119. The van der Waals surface area contributed by atoms with Crippen LogP contribution in [0.3, 0.4) is 0 Å². The molecular formula is C18H28O3. The number of unbranched alkanes of at least 4 members (excludes halogenated alkanes) is 1. The Bertz CT molecular complexity index is 420. The molecule has 2 aliphatic carbocycles. The molecule has 0 aromatic heterocycles. The third kappa shape index (κ3) is 4.08. The summed E-state index contributed by atoms with van der Waals surface area (Å²) >= 11 is 0. The van der Waals surface area contributed by atoms with E-state index >= 15 is 0 Å². The summed E-state index contributed by atoms with van der Waals surface area (Å²) in [6.45, 7) is 4.32. The minimum Gasteiger partial charge on any atom is -0.392 e. The molecule has 0 unspecified atom stereocenters. The molecule has 2 rings (SSSR count). The molecule has 3 nitrogen and oxygen atoms in total. The van der Waals surface area contributed by atoms with E-state index in [-0.39, 0.29) is 17.8 Å². The van der Waals surface area contributed by atoms with Crippen molar-refractivity contribution < 1.29 is 15.0 Å². The smallest absolute Gasteiger partial charge is 0.136 e. The number of aliphatic hydroxyl groups excluding tert-OH is 2. The molecule has 6 atom stereocenters. The number of carbonyl (C=O) groups excluding carboxylic acids is 1. The number of ketones is 1. The van der Waals surface area contributed by atoms with Crippen LogP contribution in [0.1, 0.15) is 58.8 Å². The lowest BCUT2D eigenvalue weighted by Crippen LogP contribution is -2.49. The van der Waals surface area contributed by atoms with Crippen molar-refractivity contribution in [1.29, 1.82) is 0 Å². The summed E-state index contributed by atoms with van der Waals surface area (Å²) in [5, 5.41) is 20.1. The van der Waals surface area contributed by atoms with E-state index in [1.807, 2.05) is 0 Å². The van der Waals surface area contributed by atoms with Gasteiger partial charge in [-0.2, -0.15) is 0 Å². The van der Waals surface area contributed by atoms with Gasteiger partial charge in [0.05, 0.1) is 12.0 Å². The number of hydrogen-bond acceptors (Lipinski definition) is 3. The number of Topliss-reactive ketones (excluding diaryl/α,β-unsaturated/α-hetero) is 1. The molecule has 21 heavy (non-hydrogen) atoms. The van der Waals surface area contributed by atoms with E-state index in [4.69, 9.17) is 0 Å². The fourth-order valence-electron chi connectivity index (χ4n) is 3.68. The van der Waals surface area contributed by atoms with Crippen molar-refractivity contribution in [2.75, 3.05) is 0 Å². The van der Waals surface area contributed by atoms with Gasteiger partial charge in [0.15, 0.2) is 0 Å². The van der Waals surface area contributed by atoms with Crippen molar-refractivity contribution >= 4 is 5.78 Å². The predicted molar refractivity (Wildman–Crippen MR) is 82.4 cm³/mol. The minimum atomic E-state index is -0.611. The Kier molecular flexibility index (Phi) is 5.84. The van der Waals surface area contributed by atoms with Crippen LogP contribution >= 0.6 is 0 Å². The first-order chi connectivity index (χ1) is 10.0. The number of rotatable bonds is 5. The van der Waals surface area contributed by atoms with Crippen LogP contribution in [0, 0.1) is 35.5 Å². The average molecular weight is 292 g/mol. The average Bonchev–Trinajstić information content (AvgIpc) is 2.43. The van der Waals surface area contributed by atoms with Gasteiger partial charge in [-0.25, -0.2) is 0 Å². The number of aliphatic hydroxyl groups is 2. The molecular weight excluding hydrogens is 264 g/mol. The summed E-state index contributed by atoms with van der Waals surface area (Å²) in [5.74, 6) is 7.02. The lowest BCUT2D eigenvalue weighted by Gasteiger charge is -2.44. The van der Waals surface area contributed by atoms with E-state index in [0.717, 1.165) is 12.8 Å².